The SMILES string of the molecule is CC1C(=O)CCC1Cc1ccc(C(F)(F)F)cc1. The number of hydrogen-bond donors (Lipinski definition) is 0. The minimum atomic E-state index is -4.28. The Morgan fingerprint density at radius 3 is 2.28 bits per heavy atom. The summed E-state index contributed by atoms with van der Waals surface area (Å²) in [6, 6.07) is 5.24. The summed E-state index contributed by atoms with van der Waals surface area (Å²) in [5.41, 5.74) is 0.247. The van der Waals surface area contributed by atoms with Gasteiger partial charge in [0.2, 0.25) is 0 Å². The van der Waals surface area contributed by atoms with Crippen molar-refractivity contribution in [3.05, 3.63) is 35.4 Å². The van der Waals surface area contributed by atoms with E-state index in [-0.39, 0.29) is 17.6 Å². The summed E-state index contributed by atoms with van der Waals surface area (Å²) in [5.74, 6) is 0.577. The molecular formula is C14H15F3O. The zero-order chi connectivity index (χ0) is 13.3. The van der Waals surface area contributed by atoms with Gasteiger partial charge < -0.3 is 0 Å². The molecule has 4 heteroatoms. The van der Waals surface area contributed by atoms with Crippen molar-refractivity contribution in [2.24, 2.45) is 11.8 Å². The van der Waals surface area contributed by atoms with E-state index >= 15 is 0 Å². The molecule has 1 aromatic rings. The van der Waals surface area contributed by atoms with Crippen LogP contribution in [0, 0.1) is 11.8 Å². The molecule has 2 unspecified atom stereocenters. The third kappa shape index (κ3) is 2.74. The summed E-state index contributed by atoms with van der Waals surface area (Å²) in [4.78, 5) is 11.4. The van der Waals surface area contributed by atoms with Crippen molar-refractivity contribution in [2.75, 3.05) is 0 Å². The number of carbonyl (C=O) groups excluding carboxylic acids is 1. The summed E-state index contributed by atoms with van der Waals surface area (Å²) < 4.78 is 37.2. The van der Waals surface area contributed by atoms with Crippen LogP contribution in [-0.4, -0.2) is 5.78 Å². The maximum atomic E-state index is 12.4. The Morgan fingerprint density at radius 1 is 1.22 bits per heavy atom. The molecule has 0 spiro atoms. The van der Waals surface area contributed by atoms with Gasteiger partial charge in [-0.15, -0.1) is 0 Å². The van der Waals surface area contributed by atoms with Crippen molar-refractivity contribution in [3.8, 4) is 0 Å². The summed E-state index contributed by atoms with van der Waals surface area (Å²) >= 11 is 0. The number of hydrogen-bond acceptors (Lipinski definition) is 1. The van der Waals surface area contributed by atoms with E-state index < -0.39 is 11.7 Å². The molecule has 0 N–H and O–H groups in total. The lowest BCUT2D eigenvalue weighted by atomic mass is 9.90. The molecule has 0 heterocycles. The molecule has 0 saturated heterocycles. The molecule has 0 aliphatic heterocycles. The van der Waals surface area contributed by atoms with Crippen LogP contribution >= 0.6 is 0 Å². The first-order valence-corrected chi connectivity index (χ1v) is 6.07. The van der Waals surface area contributed by atoms with Gasteiger partial charge in [-0.2, -0.15) is 13.2 Å². The van der Waals surface area contributed by atoms with Crippen LogP contribution in [0.1, 0.15) is 30.9 Å². The highest BCUT2D eigenvalue weighted by molar-refractivity contribution is 5.83. The van der Waals surface area contributed by atoms with Gasteiger partial charge in [0, 0.05) is 12.3 Å². The molecule has 98 valence electrons. The minimum Gasteiger partial charge on any atom is -0.299 e. The Balaban J connectivity index is 2.05. The predicted octanol–water partition coefficient (Wildman–Crippen LogP) is 3.86. The number of alkyl halides is 3. The molecule has 0 radical (unpaired) electrons. The van der Waals surface area contributed by atoms with Crippen LogP contribution in [0.4, 0.5) is 13.2 Å². The van der Waals surface area contributed by atoms with Gasteiger partial charge in [0.25, 0.3) is 0 Å². The highest BCUT2D eigenvalue weighted by Gasteiger charge is 2.32. The van der Waals surface area contributed by atoms with Gasteiger partial charge in [-0.25, -0.2) is 0 Å². The molecule has 1 fully saturated rings. The first kappa shape index (κ1) is 13.1. The van der Waals surface area contributed by atoms with Gasteiger partial charge >= 0.3 is 6.18 Å². The van der Waals surface area contributed by atoms with E-state index in [2.05, 4.69) is 0 Å². The van der Waals surface area contributed by atoms with Gasteiger partial charge in [-0.3, -0.25) is 4.79 Å². The van der Waals surface area contributed by atoms with Gasteiger partial charge in [0.1, 0.15) is 5.78 Å². The fraction of sp³-hybridized carbons (Fsp3) is 0.500. The Hall–Kier alpha value is -1.32. The lowest BCUT2D eigenvalue weighted by Crippen LogP contribution is -2.13. The third-order valence-corrected chi connectivity index (χ3v) is 3.76. The summed E-state index contributed by atoms with van der Waals surface area (Å²) in [6.07, 6.45) is -2.15. The fourth-order valence-corrected chi connectivity index (χ4v) is 2.48. The molecule has 0 amide bonds. The van der Waals surface area contributed by atoms with Crippen LogP contribution in [0.25, 0.3) is 0 Å². The quantitative estimate of drug-likeness (QED) is 0.785. The number of halogens is 3. The largest absolute Gasteiger partial charge is 0.416 e. The van der Waals surface area contributed by atoms with Gasteiger partial charge in [0.05, 0.1) is 5.56 Å². The van der Waals surface area contributed by atoms with Crippen molar-refractivity contribution in [1.82, 2.24) is 0 Å². The predicted molar refractivity (Wildman–Crippen MR) is 62.0 cm³/mol. The number of benzene rings is 1. The second kappa shape index (κ2) is 4.75. The van der Waals surface area contributed by atoms with Crippen LogP contribution in [-0.2, 0) is 17.4 Å². The summed E-state index contributed by atoms with van der Waals surface area (Å²) in [6.45, 7) is 1.91. The molecule has 2 atom stereocenters. The Kier molecular flexibility index (Phi) is 3.46. The van der Waals surface area contributed by atoms with Crippen LogP contribution in [0.15, 0.2) is 24.3 Å². The molecule has 2 rings (SSSR count). The molecule has 1 aliphatic rings. The maximum Gasteiger partial charge on any atom is 0.416 e. The minimum absolute atomic E-state index is 0.0345. The average molecular weight is 256 g/mol. The van der Waals surface area contributed by atoms with E-state index in [0.717, 1.165) is 24.1 Å². The normalized spacial score (nSPS) is 24.6. The van der Waals surface area contributed by atoms with Crippen molar-refractivity contribution in [1.29, 1.82) is 0 Å². The van der Waals surface area contributed by atoms with Crippen LogP contribution in [0.2, 0.25) is 0 Å². The van der Waals surface area contributed by atoms with Crippen molar-refractivity contribution < 1.29 is 18.0 Å². The zero-order valence-electron chi connectivity index (χ0n) is 10.1. The maximum absolute atomic E-state index is 12.4. The number of Topliss-reactive ketones (excluding diaryl/α,β-unsaturated/α-hetero) is 1. The molecule has 0 bridgehead atoms. The molecule has 1 aromatic carbocycles. The number of carbonyl (C=O) groups is 1. The Labute approximate surface area is 104 Å². The van der Waals surface area contributed by atoms with E-state index in [1.807, 2.05) is 6.92 Å². The van der Waals surface area contributed by atoms with Crippen molar-refractivity contribution in [2.45, 2.75) is 32.4 Å². The molecule has 1 nitrogen and oxygen atoms in total. The van der Waals surface area contributed by atoms with Gasteiger partial charge in [-0.05, 0) is 36.5 Å². The van der Waals surface area contributed by atoms with E-state index in [0.29, 0.717) is 12.8 Å². The second-order valence-electron chi connectivity index (χ2n) is 4.95. The lowest BCUT2D eigenvalue weighted by molar-refractivity contribution is -0.137. The van der Waals surface area contributed by atoms with E-state index in [9.17, 15) is 18.0 Å². The van der Waals surface area contributed by atoms with Crippen LogP contribution < -0.4 is 0 Å². The summed E-state index contributed by atoms with van der Waals surface area (Å²) in [7, 11) is 0. The summed E-state index contributed by atoms with van der Waals surface area (Å²) in [5, 5.41) is 0. The van der Waals surface area contributed by atoms with Gasteiger partial charge in [0.15, 0.2) is 0 Å². The zero-order valence-corrected chi connectivity index (χ0v) is 10.1. The van der Waals surface area contributed by atoms with Crippen LogP contribution in [0.3, 0.4) is 0 Å². The van der Waals surface area contributed by atoms with E-state index in [4.69, 9.17) is 0 Å². The molecule has 0 aromatic heterocycles. The Bertz CT molecular complexity index is 433. The van der Waals surface area contributed by atoms with Gasteiger partial charge in [-0.1, -0.05) is 19.1 Å². The number of rotatable bonds is 2. The lowest BCUT2D eigenvalue weighted by Gasteiger charge is -2.14. The fourth-order valence-electron chi connectivity index (χ4n) is 2.48. The molecular weight excluding hydrogens is 241 g/mol. The first-order chi connectivity index (χ1) is 8.38. The number of ketones is 1. The molecule has 1 saturated carbocycles. The molecule has 18 heavy (non-hydrogen) atoms. The first-order valence-electron chi connectivity index (χ1n) is 6.07. The second-order valence-corrected chi connectivity index (χ2v) is 4.95. The monoisotopic (exact) mass is 256 g/mol. The average Bonchev–Trinajstić information content (AvgIpc) is 2.61. The van der Waals surface area contributed by atoms with E-state index in [1.54, 1.807) is 0 Å². The smallest absolute Gasteiger partial charge is 0.299 e. The van der Waals surface area contributed by atoms with Crippen molar-refractivity contribution in [3.63, 3.8) is 0 Å². The highest BCUT2D eigenvalue weighted by Crippen LogP contribution is 2.33. The van der Waals surface area contributed by atoms with E-state index in [1.165, 1.54) is 12.1 Å². The molecule has 1 aliphatic carbocycles. The standard InChI is InChI=1S/C14H15F3O/c1-9-11(4-7-13(9)18)8-10-2-5-12(6-3-10)14(15,16)17/h2-3,5-6,9,11H,4,7-8H2,1H3. The highest BCUT2D eigenvalue weighted by atomic mass is 19.4. The Morgan fingerprint density at radius 2 is 1.83 bits per heavy atom. The van der Waals surface area contributed by atoms with Crippen LogP contribution in [0.5, 0.6) is 0 Å². The van der Waals surface area contributed by atoms with Crippen molar-refractivity contribution >= 4 is 5.78 Å². The third-order valence-electron chi connectivity index (χ3n) is 3.76. The topological polar surface area (TPSA) is 17.1 Å².